The van der Waals surface area contributed by atoms with Crippen molar-refractivity contribution in [2.45, 2.75) is 50.1 Å². The van der Waals surface area contributed by atoms with Crippen molar-refractivity contribution in [2.24, 2.45) is 5.92 Å². The van der Waals surface area contributed by atoms with Crippen LogP contribution in [0.4, 0.5) is 33.6 Å². The second-order valence-electron chi connectivity index (χ2n) is 9.67. The molecule has 4 aromatic rings. The van der Waals surface area contributed by atoms with E-state index in [-0.39, 0.29) is 46.3 Å². The topological polar surface area (TPSA) is 137 Å². The lowest BCUT2D eigenvalue weighted by molar-refractivity contribution is -0.284. The first-order chi connectivity index (χ1) is 18.4. The normalized spacial score (nSPS) is 19.4. The van der Waals surface area contributed by atoms with Gasteiger partial charge in [-0.2, -0.15) is 22.0 Å². The Kier molecular flexibility index (Phi) is 5.35. The molecule has 1 unspecified atom stereocenters. The number of imidazole rings is 1. The number of alkyl halides is 5. The molecule has 10 nitrogen and oxygen atoms in total. The summed E-state index contributed by atoms with van der Waals surface area (Å²) in [6.07, 6.45) is 0.984. The van der Waals surface area contributed by atoms with Crippen molar-refractivity contribution in [2.75, 3.05) is 11.1 Å². The first-order valence-corrected chi connectivity index (χ1v) is 12.0. The summed E-state index contributed by atoms with van der Waals surface area (Å²) in [5, 5.41) is 2.77. The molecular weight excluding hydrogens is 525 g/mol. The molecule has 1 fully saturated rings. The third kappa shape index (κ3) is 3.86. The van der Waals surface area contributed by atoms with Crippen LogP contribution in [0.25, 0.3) is 17.2 Å². The van der Waals surface area contributed by atoms with E-state index in [0.717, 1.165) is 12.8 Å². The van der Waals surface area contributed by atoms with Crippen molar-refractivity contribution in [3.8, 4) is 11.5 Å². The molecule has 0 radical (unpaired) electrons. The van der Waals surface area contributed by atoms with Crippen molar-refractivity contribution in [1.29, 1.82) is 0 Å². The molecule has 2 aliphatic rings. The number of rotatable bonds is 6. The highest BCUT2D eigenvalue weighted by atomic mass is 19.4. The van der Waals surface area contributed by atoms with Crippen LogP contribution in [0.15, 0.2) is 31.0 Å². The number of hydrogen-bond donors (Lipinski definition) is 2. The van der Waals surface area contributed by atoms with Gasteiger partial charge in [-0.05, 0) is 32.1 Å². The molecule has 39 heavy (non-hydrogen) atoms. The largest absolute Gasteiger partial charge is 0.453 e. The number of aryl methyl sites for hydroxylation is 2. The highest BCUT2D eigenvalue weighted by molar-refractivity contribution is 6.09. The predicted octanol–water partition coefficient (Wildman–Crippen LogP) is 3.65. The Labute approximate surface area is 216 Å². The minimum atomic E-state index is -5.69. The summed E-state index contributed by atoms with van der Waals surface area (Å²) in [5.74, 6) is -5.28. The Morgan fingerprint density at radius 1 is 1.10 bits per heavy atom. The third-order valence-electron chi connectivity index (χ3n) is 7.06. The minimum absolute atomic E-state index is 0.0136. The zero-order valence-corrected chi connectivity index (χ0v) is 20.3. The number of hydrogen-bond acceptors (Lipinski definition) is 8. The Hall–Kier alpha value is -4.30. The van der Waals surface area contributed by atoms with Gasteiger partial charge in [0.1, 0.15) is 22.7 Å². The molecule has 0 aromatic carbocycles. The van der Waals surface area contributed by atoms with Crippen LogP contribution in [0.5, 0.6) is 0 Å². The highest BCUT2D eigenvalue weighted by Gasteiger charge is 2.61. The van der Waals surface area contributed by atoms with E-state index in [1.54, 1.807) is 13.1 Å². The maximum absolute atomic E-state index is 13.6. The van der Waals surface area contributed by atoms with Gasteiger partial charge in [-0.15, -0.1) is 0 Å². The van der Waals surface area contributed by atoms with Crippen LogP contribution in [0.2, 0.25) is 0 Å². The molecule has 15 heteroatoms. The van der Waals surface area contributed by atoms with E-state index in [9.17, 15) is 26.7 Å². The third-order valence-corrected chi connectivity index (χ3v) is 7.06. The molecule has 1 aliphatic carbocycles. The number of nitrogen functional groups attached to an aromatic ring is 1. The molecule has 5 heterocycles. The number of amides is 1. The van der Waals surface area contributed by atoms with Gasteiger partial charge in [0.05, 0.1) is 28.8 Å². The predicted molar refractivity (Wildman–Crippen MR) is 127 cm³/mol. The molecule has 4 aromatic heterocycles. The number of fused-ring (bicyclic) bond motifs is 2. The monoisotopic (exact) mass is 545 g/mol. The Balaban J connectivity index is 1.43. The molecule has 1 saturated carbocycles. The SMILES string of the molecule is Cc1cnc(C2(C3CC3)C(=O)Nc3nc(-c4cn5ccnc5c(CCC(F)(F)C(F)(F)F)n4)nc(N)c32)cn1. The van der Waals surface area contributed by atoms with Crippen LogP contribution in [-0.2, 0) is 16.6 Å². The molecule has 6 rings (SSSR count). The van der Waals surface area contributed by atoms with E-state index < -0.39 is 30.4 Å². The fourth-order valence-corrected chi connectivity index (χ4v) is 5.04. The van der Waals surface area contributed by atoms with Gasteiger partial charge < -0.3 is 15.5 Å². The summed E-state index contributed by atoms with van der Waals surface area (Å²) < 4.78 is 66.9. The number of halogens is 5. The lowest BCUT2D eigenvalue weighted by atomic mass is 9.74. The number of carbonyl (C=O) groups is 1. The number of carbonyl (C=O) groups excluding carboxylic acids is 1. The number of aromatic nitrogens is 7. The van der Waals surface area contributed by atoms with Gasteiger partial charge in [0.15, 0.2) is 11.5 Å². The molecule has 0 spiro atoms. The maximum atomic E-state index is 13.6. The number of nitrogens with one attached hydrogen (secondary N) is 1. The number of nitrogens with two attached hydrogens (primary N) is 1. The molecular formula is C24H20F5N9O. The average molecular weight is 545 g/mol. The van der Waals surface area contributed by atoms with E-state index in [4.69, 9.17) is 5.73 Å². The second-order valence-corrected chi connectivity index (χ2v) is 9.67. The summed E-state index contributed by atoms with van der Waals surface area (Å²) in [7, 11) is 0. The van der Waals surface area contributed by atoms with Crippen LogP contribution in [0.3, 0.4) is 0 Å². The standard InChI is InChI=1S/C24H20F5N9O/c1-11-8-33-15(9-32-11)23(12-2-3-12)16-17(30)35-18(36-19(16)37-21(23)39)14-10-38-7-6-31-20(38)13(34-14)4-5-22(25,26)24(27,28)29/h6-10,12H,2-5H2,1H3,(H3,30,35,36,37,39). The lowest BCUT2D eigenvalue weighted by Gasteiger charge is -2.27. The van der Waals surface area contributed by atoms with Gasteiger partial charge >= 0.3 is 12.1 Å². The fourth-order valence-electron chi connectivity index (χ4n) is 5.04. The van der Waals surface area contributed by atoms with Crippen LogP contribution in [-0.4, -0.2) is 52.3 Å². The van der Waals surface area contributed by atoms with Crippen molar-refractivity contribution in [1.82, 2.24) is 34.3 Å². The maximum Gasteiger partial charge on any atom is 0.453 e. The molecule has 1 aliphatic heterocycles. The Morgan fingerprint density at radius 3 is 2.54 bits per heavy atom. The van der Waals surface area contributed by atoms with E-state index in [1.165, 1.54) is 29.2 Å². The highest BCUT2D eigenvalue weighted by Crippen LogP contribution is 2.57. The van der Waals surface area contributed by atoms with Gasteiger partial charge in [0.25, 0.3) is 0 Å². The second kappa shape index (κ2) is 8.35. The van der Waals surface area contributed by atoms with Gasteiger partial charge in [-0.25, -0.2) is 19.9 Å². The molecule has 3 N–H and O–H groups in total. The van der Waals surface area contributed by atoms with Crippen molar-refractivity contribution < 1.29 is 26.7 Å². The molecule has 0 bridgehead atoms. The van der Waals surface area contributed by atoms with Gasteiger partial charge in [-0.3, -0.25) is 14.8 Å². The minimum Gasteiger partial charge on any atom is -0.383 e. The number of anilines is 2. The summed E-state index contributed by atoms with van der Waals surface area (Å²) in [6.45, 7) is 1.77. The summed E-state index contributed by atoms with van der Waals surface area (Å²) in [6, 6.07) is 0. The van der Waals surface area contributed by atoms with Gasteiger partial charge in [0, 0.05) is 31.2 Å². The van der Waals surface area contributed by atoms with Crippen molar-refractivity contribution in [3.63, 3.8) is 0 Å². The average Bonchev–Trinajstić information content (AvgIpc) is 3.52. The van der Waals surface area contributed by atoms with Crippen molar-refractivity contribution >= 4 is 23.2 Å². The van der Waals surface area contributed by atoms with Gasteiger partial charge in [-0.1, -0.05) is 0 Å². The van der Waals surface area contributed by atoms with E-state index >= 15 is 0 Å². The summed E-state index contributed by atoms with van der Waals surface area (Å²) in [4.78, 5) is 39.4. The smallest absolute Gasteiger partial charge is 0.383 e. The van der Waals surface area contributed by atoms with E-state index in [0.29, 0.717) is 17.0 Å². The van der Waals surface area contributed by atoms with Crippen LogP contribution in [0, 0.1) is 12.8 Å². The zero-order valence-electron chi connectivity index (χ0n) is 20.3. The first kappa shape index (κ1) is 25.0. The van der Waals surface area contributed by atoms with Crippen LogP contribution in [0.1, 0.15) is 41.9 Å². The summed E-state index contributed by atoms with van der Waals surface area (Å²) in [5.41, 5.74) is 6.71. The Bertz CT molecular complexity index is 1620. The van der Waals surface area contributed by atoms with Crippen molar-refractivity contribution in [3.05, 3.63) is 53.6 Å². The zero-order chi connectivity index (χ0) is 27.7. The van der Waals surface area contributed by atoms with E-state index in [2.05, 4.69) is 35.2 Å². The molecule has 202 valence electrons. The first-order valence-electron chi connectivity index (χ1n) is 12.0. The van der Waals surface area contributed by atoms with E-state index in [1.807, 2.05) is 0 Å². The molecule has 1 amide bonds. The molecule has 1 atom stereocenters. The quantitative estimate of drug-likeness (QED) is 0.351. The van der Waals surface area contributed by atoms with Gasteiger partial charge in [0.2, 0.25) is 5.91 Å². The Morgan fingerprint density at radius 2 is 1.87 bits per heavy atom. The van der Waals surface area contributed by atoms with Crippen LogP contribution >= 0.6 is 0 Å². The van der Waals surface area contributed by atoms with Crippen LogP contribution < -0.4 is 11.1 Å². The lowest BCUT2D eigenvalue weighted by Crippen LogP contribution is -2.39. The number of nitrogens with zero attached hydrogens (tertiary/aromatic N) is 7. The fraction of sp³-hybridized carbons (Fsp3) is 0.375. The summed E-state index contributed by atoms with van der Waals surface area (Å²) >= 11 is 0. The molecule has 0 saturated heterocycles.